The van der Waals surface area contributed by atoms with E-state index >= 15 is 0 Å². The zero-order valence-corrected chi connectivity index (χ0v) is 18.7. The molecule has 1 saturated heterocycles. The number of carbonyl (C=O) groups is 2. The van der Waals surface area contributed by atoms with E-state index in [4.69, 9.17) is 9.47 Å². The molecule has 0 saturated carbocycles. The van der Waals surface area contributed by atoms with Crippen molar-refractivity contribution in [2.45, 2.75) is 43.2 Å². The molecule has 12 heteroatoms. The first-order chi connectivity index (χ1) is 17.1. The molecule has 2 heterocycles. The van der Waals surface area contributed by atoms with Gasteiger partial charge in [0.1, 0.15) is 36.2 Å². The van der Waals surface area contributed by atoms with Gasteiger partial charge >= 0.3 is 5.97 Å². The van der Waals surface area contributed by atoms with E-state index in [0.717, 1.165) is 4.90 Å². The molecule has 0 bridgehead atoms. The number of aliphatic carboxylic acids is 1. The first-order valence-corrected chi connectivity index (χ1v) is 11.0. The van der Waals surface area contributed by atoms with Gasteiger partial charge in [-0.3, -0.25) is 9.69 Å². The maximum absolute atomic E-state index is 13.0. The zero-order valence-electron chi connectivity index (χ0n) is 18.7. The minimum absolute atomic E-state index is 0.0460. The van der Waals surface area contributed by atoms with E-state index in [-0.39, 0.29) is 23.6 Å². The van der Waals surface area contributed by atoms with Crippen LogP contribution in [0.5, 0.6) is 17.2 Å². The SMILES string of the molecule is O=C(O)[C@H]1Cc2cc(O)c(O[C@H]3O[C@H](CO)[C@@H](O)[C@H](O)[C@H]3O)cc2N1C(=O)C=Cc1ccc(O)cc1. The second-order valence-corrected chi connectivity index (χ2v) is 8.46. The van der Waals surface area contributed by atoms with Gasteiger partial charge in [0.05, 0.1) is 12.3 Å². The number of nitrogens with zero attached hydrogens (tertiary/aromatic N) is 1. The molecule has 2 aliphatic heterocycles. The van der Waals surface area contributed by atoms with Crippen molar-refractivity contribution in [2.75, 3.05) is 11.5 Å². The number of aliphatic hydroxyl groups is 4. The number of aromatic hydroxyl groups is 2. The molecule has 1 fully saturated rings. The van der Waals surface area contributed by atoms with Gasteiger partial charge in [0.2, 0.25) is 6.29 Å². The van der Waals surface area contributed by atoms with Gasteiger partial charge in [0, 0.05) is 18.6 Å². The van der Waals surface area contributed by atoms with Crippen LogP contribution in [0.4, 0.5) is 5.69 Å². The van der Waals surface area contributed by atoms with Crippen molar-refractivity contribution in [2.24, 2.45) is 0 Å². The molecule has 0 spiro atoms. The normalized spacial score (nSPS) is 27.7. The number of amides is 1. The Labute approximate surface area is 204 Å². The van der Waals surface area contributed by atoms with Gasteiger partial charge in [-0.1, -0.05) is 12.1 Å². The minimum Gasteiger partial charge on any atom is -0.508 e. The molecule has 7 N–H and O–H groups in total. The highest BCUT2D eigenvalue weighted by Crippen LogP contribution is 2.41. The molecule has 4 rings (SSSR count). The molecule has 12 nitrogen and oxygen atoms in total. The lowest BCUT2D eigenvalue weighted by Gasteiger charge is -2.39. The van der Waals surface area contributed by atoms with Crippen LogP contribution in [0.1, 0.15) is 11.1 Å². The molecule has 2 aromatic rings. The molecule has 0 radical (unpaired) electrons. The summed E-state index contributed by atoms with van der Waals surface area (Å²) in [6.07, 6.45) is -5.37. The van der Waals surface area contributed by atoms with Crippen LogP contribution in [0.15, 0.2) is 42.5 Å². The number of carboxylic acid groups (broad SMARTS) is 1. The van der Waals surface area contributed by atoms with Crippen LogP contribution in [-0.2, 0) is 20.7 Å². The van der Waals surface area contributed by atoms with Crippen molar-refractivity contribution in [1.82, 2.24) is 0 Å². The summed E-state index contributed by atoms with van der Waals surface area (Å²) in [5.74, 6) is -2.62. The van der Waals surface area contributed by atoms with E-state index in [2.05, 4.69) is 0 Å². The molecule has 1 amide bonds. The average molecular weight is 503 g/mol. The molecule has 36 heavy (non-hydrogen) atoms. The van der Waals surface area contributed by atoms with Crippen molar-refractivity contribution in [3.8, 4) is 17.2 Å². The lowest BCUT2D eigenvalue weighted by Crippen LogP contribution is -2.60. The Morgan fingerprint density at radius 1 is 1.06 bits per heavy atom. The lowest BCUT2D eigenvalue weighted by molar-refractivity contribution is -0.277. The number of anilines is 1. The van der Waals surface area contributed by atoms with Crippen molar-refractivity contribution < 1.29 is 54.8 Å². The molecule has 0 aliphatic carbocycles. The standard InChI is InChI=1S/C24H25NO11/c26-10-18-20(30)21(31)22(32)24(36-18)35-17-9-14-12(8-16(17)28)7-15(23(33)34)25(14)19(29)6-3-11-1-4-13(27)5-2-11/h1-6,8-9,15,18,20-22,24,26-28,30-32H,7,10H2,(H,33,34)/t15-,18-,20-,21+,22-,24+/m1/s1. The van der Waals surface area contributed by atoms with E-state index in [0.29, 0.717) is 11.1 Å². The molecular weight excluding hydrogens is 478 g/mol. The molecule has 2 aromatic carbocycles. The third-order valence-electron chi connectivity index (χ3n) is 6.07. The first kappa shape index (κ1) is 25.4. The maximum atomic E-state index is 13.0. The fraction of sp³-hybridized carbons (Fsp3) is 0.333. The van der Waals surface area contributed by atoms with Crippen molar-refractivity contribution in [1.29, 1.82) is 0 Å². The van der Waals surface area contributed by atoms with Gasteiger partial charge in [-0.05, 0) is 35.4 Å². The number of ether oxygens (including phenoxy) is 2. The van der Waals surface area contributed by atoms with Crippen LogP contribution >= 0.6 is 0 Å². The number of aliphatic hydroxyl groups excluding tert-OH is 4. The monoisotopic (exact) mass is 503 g/mol. The summed E-state index contributed by atoms with van der Waals surface area (Å²) >= 11 is 0. The summed E-state index contributed by atoms with van der Waals surface area (Å²) in [5, 5.41) is 69.0. The van der Waals surface area contributed by atoms with Crippen LogP contribution in [0.2, 0.25) is 0 Å². The van der Waals surface area contributed by atoms with Gasteiger partial charge < -0.3 is 45.2 Å². The van der Waals surface area contributed by atoms with E-state index in [1.165, 1.54) is 36.4 Å². The molecule has 192 valence electrons. The fourth-order valence-corrected chi connectivity index (χ4v) is 4.14. The summed E-state index contributed by atoms with van der Waals surface area (Å²) in [5.41, 5.74) is 1.08. The Hall–Kier alpha value is -3.68. The number of carboxylic acids is 1. The highest BCUT2D eigenvalue weighted by Gasteiger charge is 2.45. The topological polar surface area (TPSA) is 197 Å². The predicted octanol–water partition coefficient (Wildman–Crippen LogP) is -0.668. The van der Waals surface area contributed by atoms with Gasteiger partial charge in [-0.25, -0.2) is 4.79 Å². The molecule has 0 aromatic heterocycles. The van der Waals surface area contributed by atoms with Crippen LogP contribution in [-0.4, -0.2) is 91.0 Å². The Bertz CT molecular complexity index is 1160. The maximum Gasteiger partial charge on any atom is 0.327 e. The number of rotatable bonds is 6. The second-order valence-electron chi connectivity index (χ2n) is 8.46. The van der Waals surface area contributed by atoms with Crippen molar-refractivity contribution >= 4 is 23.6 Å². The third kappa shape index (κ3) is 4.85. The lowest BCUT2D eigenvalue weighted by atomic mass is 9.99. The highest BCUT2D eigenvalue weighted by molar-refractivity contribution is 6.09. The van der Waals surface area contributed by atoms with Crippen LogP contribution in [0.3, 0.4) is 0 Å². The third-order valence-corrected chi connectivity index (χ3v) is 6.07. The summed E-state index contributed by atoms with van der Waals surface area (Å²) in [6, 6.07) is 7.16. The fourth-order valence-electron chi connectivity index (χ4n) is 4.14. The minimum atomic E-state index is -1.74. The van der Waals surface area contributed by atoms with Gasteiger partial charge in [0.25, 0.3) is 5.91 Å². The van der Waals surface area contributed by atoms with Gasteiger partial charge in [-0.15, -0.1) is 0 Å². The number of phenols is 2. The smallest absolute Gasteiger partial charge is 0.327 e. The summed E-state index contributed by atoms with van der Waals surface area (Å²) < 4.78 is 10.8. The zero-order chi connectivity index (χ0) is 26.1. The highest BCUT2D eigenvalue weighted by atomic mass is 16.7. The van der Waals surface area contributed by atoms with Crippen LogP contribution in [0, 0.1) is 0 Å². The Balaban J connectivity index is 1.63. The van der Waals surface area contributed by atoms with E-state index < -0.39 is 61.0 Å². The van der Waals surface area contributed by atoms with Crippen LogP contribution < -0.4 is 9.64 Å². The number of carbonyl (C=O) groups excluding carboxylic acids is 1. The Kier molecular flexibility index (Phi) is 7.15. The van der Waals surface area contributed by atoms with Gasteiger partial charge in [0.15, 0.2) is 11.5 Å². The van der Waals surface area contributed by atoms with E-state index in [9.17, 15) is 45.3 Å². The van der Waals surface area contributed by atoms with E-state index in [1.807, 2.05) is 0 Å². The quantitative estimate of drug-likeness (QED) is 0.247. The Morgan fingerprint density at radius 2 is 1.75 bits per heavy atom. The predicted molar refractivity (Wildman–Crippen MR) is 122 cm³/mol. The molecule has 6 atom stereocenters. The summed E-state index contributed by atoms with van der Waals surface area (Å²) in [6.45, 7) is -0.684. The number of phenolic OH excluding ortho intramolecular Hbond substituents is 2. The summed E-state index contributed by atoms with van der Waals surface area (Å²) in [4.78, 5) is 25.9. The van der Waals surface area contributed by atoms with E-state index in [1.54, 1.807) is 12.1 Å². The molecule has 0 unspecified atom stereocenters. The number of benzene rings is 2. The van der Waals surface area contributed by atoms with Crippen LogP contribution in [0.25, 0.3) is 6.08 Å². The van der Waals surface area contributed by atoms with Crippen molar-refractivity contribution in [3.05, 3.63) is 53.6 Å². The molecular formula is C24H25NO11. The molecule has 2 aliphatic rings. The van der Waals surface area contributed by atoms with Crippen molar-refractivity contribution in [3.63, 3.8) is 0 Å². The Morgan fingerprint density at radius 3 is 2.39 bits per heavy atom. The van der Waals surface area contributed by atoms with Gasteiger partial charge in [-0.2, -0.15) is 0 Å². The average Bonchev–Trinajstić information content (AvgIpc) is 3.22. The largest absolute Gasteiger partial charge is 0.508 e. The number of hydrogen-bond acceptors (Lipinski definition) is 10. The first-order valence-electron chi connectivity index (χ1n) is 11.0. The second kappa shape index (κ2) is 10.1. The summed E-state index contributed by atoms with van der Waals surface area (Å²) in [7, 11) is 0. The number of hydrogen-bond donors (Lipinski definition) is 7. The number of fused-ring (bicyclic) bond motifs is 1.